The molecule has 0 rings (SSSR count). The van der Waals surface area contributed by atoms with Crippen LogP contribution in [-0.2, 0) is 0 Å². The minimum Gasteiger partial charge on any atom is -0.0654 e. The number of unbranched alkanes of at least 4 members (excludes halogenated alkanes) is 38. The second kappa shape index (κ2) is 41.5. The third-order valence-corrected chi connectivity index (χ3v) is 22.8. The Kier molecular flexibility index (Phi) is 42.3. The van der Waals surface area contributed by atoms with Gasteiger partial charge in [-0.25, -0.2) is 0 Å². The van der Waals surface area contributed by atoms with Gasteiger partial charge in [-0.2, -0.15) is 0 Å². The zero-order valence-corrected chi connectivity index (χ0v) is 39.8. The van der Waals surface area contributed by atoms with Gasteiger partial charge < -0.3 is 0 Å². The SMILES string of the molecule is CCCCCCCCCCCCCCCCCCP(Br)(CCCCCCC)(CCCCCCC)CCCCCCCCCCCCCCCCCC. The molecule has 0 atom stereocenters. The van der Waals surface area contributed by atoms with E-state index < -0.39 is 5.31 Å². The number of hydrogen-bond acceptors (Lipinski definition) is 0. The van der Waals surface area contributed by atoms with Crippen LogP contribution in [-0.4, -0.2) is 24.6 Å². The molecule has 0 aliphatic carbocycles. The summed E-state index contributed by atoms with van der Waals surface area (Å²) in [5.41, 5.74) is 0. The molecule has 0 saturated carbocycles. The van der Waals surface area contributed by atoms with Gasteiger partial charge in [-0.05, 0) is 0 Å². The first-order chi connectivity index (χ1) is 25.5. The monoisotopic (exact) mass is 815 g/mol. The summed E-state index contributed by atoms with van der Waals surface area (Å²) in [6.45, 7) is 9.38. The van der Waals surface area contributed by atoms with Crippen molar-refractivity contribution in [3.8, 4) is 0 Å². The van der Waals surface area contributed by atoms with Crippen molar-refractivity contribution in [2.75, 3.05) is 24.6 Å². The van der Waals surface area contributed by atoms with Crippen molar-refractivity contribution in [1.82, 2.24) is 0 Å². The van der Waals surface area contributed by atoms with Crippen LogP contribution in [0.2, 0.25) is 0 Å². The average molecular weight is 816 g/mol. The van der Waals surface area contributed by atoms with Gasteiger partial charge in [0, 0.05) is 0 Å². The minimum atomic E-state index is -1.82. The smallest absolute Gasteiger partial charge is 0.0654 e. The van der Waals surface area contributed by atoms with Gasteiger partial charge >= 0.3 is 265 Å². The van der Waals surface area contributed by atoms with Crippen LogP contribution < -0.4 is 0 Å². The van der Waals surface area contributed by atoms with Crippen molar-refractivity contribution < 1.29 is 0 Å². The van der Waals surface area contributed by atoms with Crippen LogP contribution in [0.5, 0.6) is 0 Å². The summed E-state index contributed by atoms with van der Waals surface area (Å²) >= 11 is 4.85. The third kappa shape index (κ3) is 36.5. The molecule has 316 valence electrons. The van der Waals surface area contributed by atoms with Crippen LogP contribution in [0.1, 0.15) is 297 Å². The summed E-state index contributed by atoms with van der Waals surface area (Å²) in [6, 6.07) is 0. The van der Waals surface area contributed by atoms with Gasteiger partial charge in [0.2, 0.25) is 0 Å². The number of rotatable bonds is 46. The Morgan fingerprint density at radius 3 is 0.442 bits per heavy atom. The second-order valence-electron chi connectivity index (χ2n) is 18.1. The van der Waals surface area contributed by atoms with Crippen molar-refractivity contribution in [3.63, 3.8) is 0 Å². The van der Waals surface area contributed by atoms with Crippen LogP contribution in [0.15, 0.2) is 0 Å². The van der Waals surface area contributed by atoms with Gasteiger partial charge in [0.15, 0.2) is 0 Å². The van der Waals surface area contributed by atoms with E-state index in [4.69, 9.17) is 15.5 Å². The fraction of sp³-hybridized carbons (Fsp3) is 1.00. The Balaban J connectivity index is 4.54. The predicted octanol–water partition coefficient (Wildman–Crippen LogP) is 20.3. The molecule has 0 nitrogen and oxygen atoms in total. The zero-order chi connectivity index (χ0) is 38.0. The number of hydrogen-bond donors (Lipinski definition) is 0. The first kappa shape index (κ1) is 52.9. The summed E-state index contributed by atoms with van der Waals surface area (Å²) in [4.78, 5) is 0. The number of halogens is 1. The molecule has 0 fully saturated rings. The van der Waals surface area contributed by atoms with E-state index in [0.29, 0.717) is 0 Å². The minimum absolute atomic E-state index is 1.37. The molecule has 0 bridgehead atoms. The Morgan fingerprint density at radius 2 is 0.308 bits per heavy atom. The van der Waals surface area contributed by atoms with Crippen molar-refractivity contribution in [1.29, 1.82) is 0 Å². The summed E-state index contributed by atoms with van der Waals surface area (Å²) in [5, 5.41) is -1.82. The van der Waals surface area contributed by atoms with Crippen LogP contribution in [0, 0.1) is 0 Å². The van der Waals surface area contributed by atoms with E-state index >= 15 is 0 Å². The van der Waals surface area contributed by atoms with Crippen molar-refractivity contribution in [2.45, 2.75) is 297 Å². The maximum atomic E-state index is 4.85. The second-order valence-corrected chi connectivity index (χ2v) is 29.6. The van der Waals surface area contributed by atoms with Crippen molar-refractivity contribution in [2.24, 2.45) is 0 Å². The topological polar surface area (TPSA) is 0 Å². The van der Waals surface area contributed by atoms with Gasteiger partial charge in [0.05, 0.1) is 0 Å². The fourth-order valence-corrected chi connectivity index (χ4v) is 17.4. The van der Waals surface area contributed by atoms with E-state index in [2.05, 4.69) is 27.7 Å². The molecule has 0 radical (unpaired) electrons. The van der Waals surface area contributed by atoms with E-state index in [9.17, 15) is 0 Å². The Bertz CT molecular complexity index is 607. The van der Waals surface area contributed by atoms with E-state index in [1.165, 1.54) is 270 Å². The zero-order valence-electron chi connectivity index (χ0n) is 37.4. The average Bonchev–Trinajstić information content (AvgIpc) is 3.14. The molecule has 0 N–H and O–H groups in total. The molecular formula is C50H104BrP. The van der Waals surface area contributed by atoms with Crippen molar-refractivity contribution >= 4 is 20.8 Å². The molecule has 0 unspecified atom stereocenters. The third-order valence-electron chi connectivity index (χ3n) is 12.8. The molecule has 0 aromatic rings. The molecule has 52 heavy (non-hydrogen) atoms. The molecule has 0 aromatic heterocycles. The summed E-state index contributed by atoms with van der Waals surface area (Å²) < 4.78 is 0. The van der Waals surface area contributed by atoms with Crippen LogP contribution in [0.4, 0.5) is 0 Å². The quantitative estimate of drug-likeness (QED) is 0.0424. The van der Waals surface area contributed by atoms with Crippen LogP contribution in [0.3, 0.4) is 0 Å². The van der Waals surface area contributed by atoms with E-state index in [1.54, 1.807) is 24.6 Å². The van der Waals surface area contributed by atoms with E-state index in [0.717, 1.165) is 0 Å². The summed E-state index contributed by atoms with van der Waals surface area (Å²) in [7, 11) is 0. The molecule has 2 heteroatoms. The van der Waals surface area contributed by atoms with E-state index in [-0.39, 0.29) is 0 Å². The molecule has 0 aliphatic heterocycles. The molecule has 0 heterocycles. The summed E-state index contributed by atoms with van der Waals surface area (Å²) in [6.07, 6.45) is 68.0. The Labute approximate surface area is 341 Å². The molecule has 0 saturated heterocycles. The van der Waals surface area contributed by atoms with Gasteiger partial charge in [0.25, 0.3) is 0 Å². The Morgan fingerprint density at radius 1 is 0.192 bits per heavy atom. The molecule has 0 aliphatic rings. The Hall–Kier alpha value is 0.910. The maximum absolute atomic E-state index is 4.85. The van der Waals surface area contributed by atoms with Gasteiger partial charge in [0.1, 0.15) is 0 Å². The molecular weight excluding hydrogens is 711 g/mol. The van der Waals surface area contributed by atoms with Crippen LogP contribution >= 0.6 is 20.8 Å². The molecule has 0 aromatic carbocycles. The fourth-order valence-electron chi connectivity index (χ4n) is 9.00. The van der Waals surface area contributed by atoms with E-state index in [1.807, 2.05) is 0 Å². The normalized spacial score (nSPS) is 12.8. The summed E-state index contributed by atoms with van der Waals surface area (Å²) in [5.74, 6) is 0. The first-order valence-corrected chi connectivity index (χ1v) is 30.3. The molecule has 0 spiro atoms. The first-order valence-electron chi connectivity index (χ1n) is 25.3. The van der Waals surface area contributed by atoms with Crippen LogP contribution in [0.25, 0.3) is 0 Å². The molecule has 0 amide bonds. The van der Waals surface area contributed by atoms with Gasteiger partial charge in [-0.15, -0.1) is 0 Å². The predicted molar refractivity (Wildman–Crippen MR) is 252 cm³/mol. The van der Waals surface area contributed by atoms with Gasteiger partial charge in [-0.1, -0.05) is 78.1 Å². The van der Waals surface area contributed by atoms with Gasteiger partial charge in [-0.3, -0.25) is 0 Å². The standard InChI is InChI=1S/C50H104BrP/c1-5-9-13-17-19-21-23-25-27-29-31-33-35-37-41-45-49-52(51,47-43-39-15-11-7-3,48-44-40-16-12-8-4)50-46-42-38-36-34-32-30-28-26-24-22-20-18-14-10-6-2/h5-50H2,1-4H3. The van der Waals surface area contributed by atoms with Crippen molar-refractivity contribution in [3.05, 3.63) is 0 Å².